The van der Waals surface area contributed by atoms with Crippen molar-refractivity contribution >= 4 is 11.9 Å². The molecule has 21 heavy (non-hydrogen) atoms. The van der Waals surface area contributed by atoms with Crippen molar-refractivity contribution in [2.24, 2.45) is 17.8 Å². The SMILES string of the molecule is CCC1CCC(O)(CNC(=O)C2CCCC2C(=O)O)CC1. The Kier molecular flexibility index (Phi) is 5.25. The number of amides is 1. The van der Waals surface area contributed by atoms with E-state index in [1.54, 1.807) is 0 Å². The Hall–Kier alpha value is -1.10. The van der Waals surface area contributed by atoms with Crippen molar-refractivity contribution in [1.29, 1.82) is 0 Å². The summed E-state index contributed by atoms with van der Waals surface area (Å²) in [6.07, 6.45) is 6.60. The molecule has 2 fully saturated rings. The van der Waals surface area contributed by atoms with Gasteiger partial charge >= 0.3 is 5.97 Å². The maximum absolute atomic E-state index is 12.2. The van der Waals surface area contributed by atoms with Gasteiger partial charge in [-0.05, 0) is 44.4 Å². The molecule has 120 valence electrons. The second kappa shape index (κ2) is 6.77. The Morgan fingerprint density at radius 2 is 1.76 bits per heavy atom. The summed E-state index contributed by atoms with van der Waals surface area (Å²) in [5.74, 6) is -1.39. The van der Waals surface area contributed by atoms with Crippen molar-refractivity contribution in [2.75, 3.05) is 6.54 Å². The quantitative estimate of drug-likeness (QED) is 0.723. The van der Waals surface area contributed by atoms with E-state index in [1.807, 2.05) is 0 Å². The summed E-state index contributed by atoms with van der Waals surface area (Å²) in [5.41, 5.74) is -0.807. The summed E-state index contributed by atoms with van der Waals surface area (Å²) in [6.45, 7) is 2.42. The highest BCUT2D eigenvalue weighted by atomic mass is 16.4. The third-order valence-electron chi connectivity index (χ3n) is 5.37. The molecule has 2 aliphatic rings. The Labute approximate surface area is 126 Å². The average Bonchev–Trinajstić information content (AvgIpc) is 2.95. The molecule has 2 unspecified atom stereocenters. The molecule has 1 amide bonds. The van der Waals surface area contributed by atoms with Crippen molar-refractivity contribution in [1.82, 2.24) is 5.32 Å². The van der Waals surface area contributed by atoms with E-state index in [2.05, 4.69) is 12.2 Å². The van der Waals surface area contributed by atoms with E-state index in [4.69, 9.17) is 5.11 Å². The maximum Gasteiger partial charge on any atom is 0.307 e. The van der Waals surface area contributed by atoms with Crippen LogP contribution in [-0.4, -0.2) is 34.2 Å². The van der Waals surface area contributed by atoms with Gasteiger partial charge in [0.05, 0.1) is 17.4 Å². The normalized spacial score (nSPS) is 36.4. The molecule has 5 heteroatoms. The summed E-state index contributed by atoms with van der Waals surface area (Å²) in [5, 5.41) is 22.4. The van der Waals surface area contributed by atoms with Gasteiger partial charge in [0, 0.05) is 6.54 Å². The van der Waals surface area contributed by atoms with Crippen molar-refractivity contribution < 1.29 is 19.8 Å². The summed E-state index contributed by atoms with van der Waals surface area (Å²) in [7, 11) is 0. The maximum atomic E-state index is 12.2. The molecule has 0 saturated heterocycles. The minimum absolute atomic E-state index is 0.203. The van der Waals surface area contributed by atoms with E-state index in [1.165, 1.54) is 0 Å². The van der Waals surface area contributed by atoms with Crippen molar-refractivity contribution in [3.63, 3.8) is 0 Å². The van der Waals surface area contributed by atoms with Gasteiger partial charge in [0.25, 0.3) is 0 Å². The largest absolute Gasteiger partial charge is 0.481 e. The van der Waals surface area contributed by atoms with Gasteiger partial charge in [-0.25, -0.2) is 0 Å². The van der Waals surface area contributed by atoms with Crippen LogP contribution in [0.15, 0.2) is 0 Å². The lowest BCUT2D eigenvalue weighted by molar-refractivity contribution is -0.146. The van der Waals surface area contributed by atoms with Gasteiger partial charge in [-0.1, -0.05) is 19.8 Å². The van der Waals surface area contributed by atoms with Gasteiger partial charge in [0.2, 0.25) is 5.91 Å². The molecule has 2 aliphatic carbocycles. The molecule has 2 saturated carbocycles. The number of carbonyl (C=O) groups excluding carboxylic acids is 1. The van der Waals surface area contributed by atoms with Crippen LogP contribution in [0.4, 0.5) is 0 Å². The number of rotatable bonds is 5. The van der Waals surface area contributed by atoms with Crippen LogP contribution in [0.1, 0.15) is 58.3 Å². The molecule has 0 aliphatic heterocycles. The van der Waals surface area contributed by atoms with E-state index in [-0.39, 0.29) is 12.5 Å². The second-order valence-corrected chi connectivity index (χ2v) is 6.78. The molecule has 2 rings (SSSR count). The fraction of sp³-hybridized carbons (Fsp3) is 0.875. The predicted molar refractivity (Wildman–Crippen MR) is 78.7 cm³/mol. The zero-order valence-electron chi connectivity index (χ0n) is 12.8. The van der Waals surface area contributed by atoms with Crippen LogP contribution >= 0.6 is 0 Å². The standard InChI is InChI=1S/C16H27NO4/c1-2-11-6-8-16(21,9-7-11)10-17-14(18)12-4-3-5-13(12)15(19)20/h11-13,21H,2-10H2,1H3,(H,17,18)(H,19,20). The van der Waals surface area contributed by atoms with Gasteiger partial charge in [-0.2, -0.15) is 0 Å². The first-order chi connectivity index (χ1) is 9.95. The number of nitrogens with one attached hydrogen (secondary N) is 1. The number of hydrogen-bond donors (Lipinski definition) is 3. The molecule has 2 atom stereocenters. The number of carboxylic acid groups (broad SMARTS) is 1. The van der Waals surface area contributed by atoms with Crippen molar-refractivity contribution in [2.45, 2.75) is 63.9 Å². The van der Waals surface area contributed by atoms with Gasteiger partial charge in [-0.3, -0.25) is 9.59 Å². The molecule has 0 bridgehead atoms. The first-order valence-electron chi connectivity index (χ1n) is 8.18. The highest BCUT2D eigenvalue weighted by Crippen LogP contribution is 2.34. The van der Waals surface area contributed by atoms with Crippen molar-refractivity contribution in [3.05, 3.63) is 0 Å². The van der Waals surface area contributed by atoms with Crippen LogP contribution in [0.3, 0.4) is 0 Å². The molecule has 0 aromatic rings. The number of aliphatic hydroxyl groups is 1. The zero-order chi connectivity index (χ0) is 15.5. The number of carboxylic acids is 1. The molecule has 3 N–H and O–H groups in total. The van der Waals surface area contributed by atoms with E-state index in [9.17, 15) is 14.7 Å². The Bertz CT molecular complexity index is 388. The van der Waals surface area contributed by atoms with Crippen LogP contribution in [-0.2, 0) is 9.59 Å². The van der Waals surface area contributed by atoms with Gasteiger partial charge < -0.3 is 15.5 Å². The summed E-state index contributed by atoms with van der Waals surface area (Å²) in [6, 6.07) is 0. The summed E-state index contributed by atoms with van der Waals surface area (Å²) >= 11 is 0. The molecular weight excluding hydrogens is 270 g/mol. The lowest BCUT2D eigenvalue weighted by Gasteiger charge is -2.36. The van der Waals surface area contributed by atoms with Gasteiger partial charge in [0.15, 0.2) is 0 Å². The molecule has 0 heterocycles. The van der Waals surface area contributed by atoms with Crippen LogP contribution in [0.25, 0.3) is 0 Å². The monoisotopic (exact) mass is 297 g/mol. The molecule has 5 nitrogen and oxygen atoms in total. The molecule has 0 spiro atoms. The third kappa shape index (κ3) is 3.96. The first kappa shape index (κ1) is 16.3. The van der Waals surface area contributed by atoms with Gasteiger partial charge in [0.1, 0.15) is 0 Å². The third-order valence-corrected chi connectivity index (χ3v) is 5.37. The smallest absolute Gasteiger partial charge is 0.307 e. The highest BCUT2D eigenvalue weighted by Gasteiger charge is 2.39. The number of carbonyl (C=O) groups is 2. The van der Waals surface area contributed by atoms with Crippen LogP contribution in [0.2, 0.25) is 0 Å². The van der Waals surface area contributed by atoms with Crippen molar-refractivity contribution in [3.8, 4) is 0 Å². The second-order valence-electron chi connectivity index (χ2n) is 6.78. The first-order valence-corrected chi connectivity index (χ1v) is 8.18. The molecule has 0 radical (unpaired) electrons. The Morgan fingerprint density at radius 1 is 1.14 bits per heavy atom. The fourth-order valence-corrected chi connectivity index (χ4v) is 3.75. The number of hydrogen-bond acceptors (Lipinski definition) is 3. The minimum atomic E-state index is -0.880. The molecular formula is C16H27NO4. The average molecular weight is 297 g/mol. The summed E-state index contributed by atoms with van der Waals surface area (Å²) in [4.78, 5) is 23.3. The van der Waals surface area contributed by atoms with E-state index >= 15 is 0 Å². The van der Waals surface area contributed by atoms with Crippen LogP contribution in [0.5, 0.6) is 0 Å². The summed E-state index contributed by atoms with van der Waals surface area (Å²) < 4.78 is 0. The number of aliphatic carboxylic acids is 1. The van der Waals surface area contributed by atoms with Gasteiger partial charge in [-0.15, -0.1) is 0 Å². The predicted octanol–water partition coefficient (Wildman–Crippen LogP) is 1.93. The Balaban J connectivity index is 1.82. The Morgan fingerprint density at radius 3 is 2.33 bits per heavy atom. The topological polar surface area (TPSA) is 86.6 Å². The van der Waals surface area contributed by atoms with E-state index < -0.39 is 23.4 Å². The van der Waals surface area contributed by atoms with E-state index in [0.717, 1.165) is 38.5 Å². The van der Waals surface area contributed by atoms with E-state index in [0.29, 0.717) is 18.8 Å². The lowest BCUT2D eigenvalue weighted by Crippen LogP contribution is -2.47. The minimum Gasteiger partial charge on any atom is -0.481 e. The van der Waals surface area contributed by atoms with Crippen LogP contribution in [0, 0.1) is 17.8 Å². The lowest BCUT2D eigenvalue weighted by atomic mass is 9.78. The molecule has 0 aromatic carbocycles. The highest BCUT2D eigenvalue weighted by molar-refractivity contribution is 5.85. The van der Waals surface area contributed by atoms with Crippen LogP contribution < -0.4 is 5.32 Å². The zero-order valence-corrected chi connectivity index (χ0v) is 12.8. The fourth-order valence-electron chi connectivity index (χ4n) is 3.75. The molecule has 0 aromatic heterocycles.